The minimum atomic E-state index is -0.700. The van der Waals surface area contributed by atoms with E-state index in [-0.39, 0.29) is 24.4 Å². The van der Waals surface area contributed by atoms with E-state index in [9.17, 15) is 14.4 Å². The highest BCUT2D eigenvalue weighted by atomic mass is 16.5. The first kappa shape index (κ1) is 22.8. The van der Waals surface area contributed by atoms with E-state index < -0.39 is 5.54 Å². The topological polar surface area (TPSA) is 101 Å². The molecule has 3 aromatic rings. The number of benzene rings is 2. The maximum atomic E-state index is 13.2. The molecule has 1 aliphatic carbocycles. The third-order valence-electron chi connectivity index (χ3n) is 6.89. The summed E-state index contributed by atoms with van der Waals surface area (Å²) in [5.41, 5.74) is 2.13. The summed E-state index contributed by atoms with van der Waals surface area (Å²) in [7, 11) is 1.62. The number of para-hydroxylation sites is 1. The molecule has 35 heavy (non-hydrogen) atoms. The van der Waals surface area contributed by atoms with Gasteiger partial charge in [-0.1, -0.05) is 31.0 Å². The van der Waals surface area contributed by atoms with Gasteiger partial charge in [0.05, 0.1) is 23.9 Å². The molecule has 1 aromatic heterocycles. The predicted molar refractivity (Wildman–Crippen MR) is 132 cm³/mol. The van der Waals surface area contributed by atoms with E-state index in [1.54, 1.807) is 13.2 Å². The highest BCUT2D eigenvalue weighted by molar-refractivity contribution is 6.08. The number of carbonyl (C=O) groups excluding carboxylic acids is 3. The zero-order valence-electron chi connectivity index (χ0n) is 19.7. The summed E-state index contributed by atoms with van der Waals surface area (Å²) in [5, 5.41) is 6.60. The van der Waals surface area contributed by atoms with Crippen molar-refractivity contribution in [1.82, 2.24) is 20.5 Å². The van der Waals surface area contributed by atoms with Gasteiger partial charge in [0.2, 0.25) is 0 Å². The molecule has 0 atom stereocenters. The Morgan fingerprint density at radius 2 is 1.86 bits per heavy atom. The summed E-state index contributed by atoms with van der Waals surface area (Å²) in [6.07, 6.45) is 3.80. The van der Waals surface area contributed by atoms with E-state index in [2.05, 4.69) is 10.6 Å². The SMILES string of the molecule is COc1ccc(-c2cc(C(=O)NCCCN3C(=O)NC4(CCCC4)C3=O)c3ccccc3n2)cc1. The molecular weight excluding hydrogens is 444 g/mol. The number of carbonyl (C=O) groups is 3. The lowest BCUT2D eigenvalue weighted by atomic mass is 9.98. The summed E-state index contributed by atoms with van der Waals surface area (Å²) >= 11 is 0. The Kier molecular flexibility index (Phi) is 6.11. The average molecular weight is 473 g/mol. The van der Waals surface area contributed by atoms with Crippen molar-refractivity contribution in [3.63, 3.8) is 0 Å². The molecule has 2 aliphatic rings. The first-order valence-electron chi connectivity index (χ1n) is 12.0. The number of hydrogen-bond donors (Lipinski definition) is 2. The molecule has 1 aliphatic heterocycles. The second kappa shape index (κ2) is 9.37. The van der Waals surface area contributed by atoms with Crippen LogP contribution in [-0.4, -0.2) is 53.5 Å². The molecule has 180 valence electrons. The molecule has 1 saturated carbocycles. The van der Waals surface area contributed by atoms with Gasteiger partial charge in [0.1, 0.15) is 11.3 Å². The van der Waals surface area contributed by atoms with Gasteiger partial charge in [0, 0.05) is 24.0 Å². The van der Waals surface area contributed by atoms with Crippen molar-refractivity contribution in [1.29, 1.82) is 0 Å². The molecule has 0 radical (unpaired) electrons. The highest BCUT2D eigenvalue weighted by Crippen LogP contribution is 2.35. The minimum Gasteiger partial charge on any atom is -0.497 e. The van der Waals surface area contributed by atoms with Gasteiger partial charge in [-0.2, -0.15) is 0 Å². The van der Waals surface area contributed by atoms with Crippen LogP contribution in [-0.2, 0) is 4.79 Å². The molecule has 1 saturated heterocycles. The smallest absolute Gasteiger partial charge is 0.325 e. The second-order valence-electron chi connectivity index (χ2n) is 9.09. The Morgan fingerprint density at radius 3 is 2.60 bits per heavy atom. The number of nitrogens with zero attached hydrogens (tertiary/aromatic N) is 2. The van der Waals surface area contributed by atoms with Gasteiger partial charge in [0.25, 0.3) is 11.8 Å². The summed E-state index contributed by atoms with van der Waals surface area (Å²) in [4.78, 5) is 44.3. The molecule has 2 fully saturated rings. The van der Waals surface area contributed by atoms with E-state index >= 15 is 0 Å². The van der Waals surface area contributed by atoms with Crippen molar-refractivity contribution >= 4 is 28.7 Å². The van der Waals surface area contributed by atoms with Gasteiger partial charge in [0.15, 0.2) is 0 Å². The summed E-state index contributed by atoms with van der Waals surface area (Å²) in [6, 6.07) is 16.5. The molecule has 5 rings (SSSR count). The van der Waals surface area contributed by atoms with Gasteiger partial charge >= 0.3 is 6.03 Å². The molecule has 8 nitrogen and oxygen atoms in total. The fourth-order valence-electron chi connectivity index (χ4n) is 5.00. The predicted octanol–water partition coefficient (Wildman–Crippen LogP) is 3.89. The molecule has 2 aromatic carbocycles. The number of fused-ring (bicyclic) bond motifs is 1. The van der Waals surface area contributed by atoms with Crippen LogP contribution in [0.5, 0.6) is 5.75 Å². The van der Waals surface area contributed by atoms with Gasteiger partial charge in [-0.25, -0.2) is 9.78 Å². The van der Waals surface area contributed by atoms with Gasteiger partial charge in [-0.05, 0) is 55.7 Å². The standard InChI is InChI=1S/C27H28N4O4/c1-35-19-11-9-18(10-12-19)23-17-21(20-7-2-3-8-22(20)29-23)24(32)28-15-6-16-31-25(33)27(30-26(31)34)13-4-5-14-27/h2-3,7-12,17H,4-6,13-16H2,1H3,(H,28,32)(H,30,34). The number of hydrogen-bond acceptors (Lipinski definition) is 5. The zero-order valence-corrected chi connectivity index (χ0v) is 19.7. The summed E-state index contributed by atoms with van der Waals surface area (Å²) in [6.45, 7) is 0.623. The van der Waals surface area contributed by atoms with E-state index in [0.717, 1.165) is 35.1 Å². The number of amides is 4. The van der Waals surface area contributed by atoms with Crippen LogP contribution in [0.2, 0.25) is 0 Å². The van der Waals surface area contributed by atoms with Crippen LogP contribution in [0.1, 0.15) is 42.5 Å². The third-order valence-corrected chi connectivity index (χ3v) is 6.89. The average Bonchev–Trinajstić information content (AvgIpc) is 3.45. The van der Waals surface area contributed by atoms with Crippen LogP contribution in [0.4, 0.5) is 4.79 Å². The number of urea groups is 1. The lowest BCUT2D eigenvalue weighted by Gasteiger charge is -2.20. The first-order valence-corrected chi connectivity index (χ1v) is 12.0. The van der Waals surface area contributed by atoms with Crippen LogP contribution in [0.3, 0.4) is 0 Å². The highest BCUT2D eigenvalue weighted by Gasteiger charge is 2.51. The number of aromatic nitrogens is 1. The Hall–Kier alpha value is -3.94. The largest absolute Gasteiger partial charge is 0.497 e. The molecule has 2 heterocycles. The van der Waals surface area contributed by atoms with Crippen LogP contribution in [0.25, 0.3) is 22.2 Å². The Balaban J connectivity index is 1.28. The van der Waals surface area contributed by atoms with Crippen LogP contribution < -0.4 is 15.4 Å². The van der Waals surface area contributed by atoms with Crippen molar-refractivity contribution in [3.05, 3.63) is 60.2 Å². The van der Waals surface area contributed by atoms with Crippen LogP contribution >= 0.6 is 0 Å². The Labute approximate surface area is 203 Å². The lowest BCUT2D eigenvalue weighted by Crippen LogP contribution is -2.44. The maximum absolute atomic E-state index is 13.2. The molecule has 8 heteroatoms. The van der Waals surface area contributed by atoms with E-state index in [0.29, 0.717) is 37.1 Å². The van der Waals surface area contributed by atoms with Crippen LogP contribution in [0.15, 0.2) is 54.6 Å². The van der Waals surface area contributed by atoms with E-state index in [1.165, 1.54) is 4.90 Å². The van der Waals surface area contributed by atoms with E-state index in [4.69, 9.17) is 9.72 Å². The van der Waals surface area contributed by atoms with E-state index in [1.807, 2.05) is 48.5 Å². The lowest BCUT2D eigenvalue weighted by molar-refractivity contribution is -0.131. The summed E-state index contributed by atoms with van der Waals surface area (Å²) < 4.78 is 5.24. The number of imide groups is 1. The maximum Gasteiger partial charge on any atom is 0.325 e. The number of methoxy groups -OCH3 is 1. The normalized spacial score (nSPS) is 16.7. The molecule has 0 bridgehead atoms. The van der Waals surface area contributed by atoms with Crippen molar-refractivity contribution in [2.45, 2.75) is 37.6 Å². The zero-order chi connectivity index (χ0) is 24.4. The Morgan fingerprint density at radius 1 is 1.11 bits per heavy atom. The number of nitrogens with one attached hydrogen (secondary N) is 2. The fourth-order valence-corrected chi connectivity index (χ4v) is 5.00. The summed E-state index contributed by atoms with van der Waals surface area (Å²) in [5.74, 6) is 0.398. The van der Waals surface area contributed by atoms with Crippen molar-refractivity contribution in [3.8, 4) is 17.0 Å². The molecule has 0 unspecified atom stereocenters. The van der Waals surface area contributed by atoms with Crippen molar-refractivity contribution in [2.75, 3.05) is 20.2 Å². The van der Waals surface area contributed by atoms with Gasteiger partial charge in [-0.15, -0.1) is 0 Å². The molecule has 2 N–H and O–H groups in total. The third kappa shape index (κ3) is 4.32. The van der Waals surface area contributed by atoms with Gasteiger partial charge in [-0.3, -0.25) is 14.5 Å². The molecular formula is C27H28N4O4. The van der Waals surface area contributed by atoms with Crippen LogP contribution in [0, 0.1) is 0 Å². The first-order chi connectivity index (χ1) is 17.0. The quantitative estimate of drug-likeness (QED) is 0.401. The van der Waals surface area contributed by atoms with Gasteiger partial charge < -0.3 is 15.4 Å². The van der Waals surface area contributed by atoms with Crippen molar-refractivity contribution in [2.24, 2.45) is 0 Å². The second-order valence-corrected chi connectivity index (χ2v) is 9.09. The monoisotopic (exact) mass is 472 g/mol. The molecule has 4 amide bonds. The number of rotatable bonds is 7. The number of pyridine rings is 1. The fraction of sp³-hybridized carbons (Fsp3) is 0.333. The Bertz CT molecular complexity index is 1280. The van der Waals surface area contributed by atoms with Crippen molar-refractivity contribution < 1.29 is 19.1 Å². The minimum absolute atomic E-state index is 0.129. The molecule has 1 spiro atoms. The number of ether oxygens (including phenoxy) is 1.